The lowest BCUT2D eigenvalue weighted by Gasteiger charge is -2.43. The van der Waals surface area contributed by atoms with Crippen LogP contribution in [0.25, 0.3) is 0 Å². The number of urea groups is 1. The summed E-state index contributed by atoms with van der Waals surface area (Å²) in [6, 6.07) is 10.3. The minimum Gasteiger partial charge on any atom is -0.497 e. The highest BCUT2D eigenvalue weighted by molar-refractivity contribution is 7.93. The molecule has 4 heterocycles. The van der Waals surface area contributed by atoms with Gasteiger partial charge in [0.15, 0.2) is 5.54 Å². The summed E-state index contributed by atoms with van der Waals surface area (Å²) in [5.41, 5.74) is -3.31. The van der Waals surface area contributed by atoms with E-state index in [9.17, 15) is 18.5 Å². The number of hydrogen-bond donors (Lipinski definition) is 1. The van der Waals surface area contributed by atoms with Gasteiger partial charge in [0.25, 0.3) is 15.9 Å². The molecule has 3 aromatic rings. The Hall–Kier alpha value is -4.98. The summed E-state index contributed by atoms with van der Waals surface area (Å²) in [5.74, 6) is -2.13. The van der Waals surface area contributed by atoms with Crippen molar-refractivity contribution in [1.29, 1.82) is 5.26 Å². The van der Waals surface area contributed by atoms with Crippen LogP contribution < -0.4 is 23.8 Å². The second kappa shape index (κ2) is 14.3. The van der Waals surface area contributed by atoms with Gasteiger partial charge in [0, 0.05) is 56.1 Å². The van der Waals surface area contributed by atoms with Gasteiger partial charge in [-0.2, -0.15) is 9.57 Å². The maximum atomic E-state index is 15.5. The maximum absolute atomic E-state index is 15.5. The van der Waals surface area contributed by atoms with Gasteiger partial charge in [-0.05, 0) is 70.2 Å². The van der Waals surface area contributed by atoms with Gasteiger partial charge in [0.05, 0.1) is 37.6 Å². The van der Waals surface area contributed by atoms with E-state index in [0.717, 1.165) is 38.1 Å². The zero-order chi connectivity index (χ0) is 36.5. The van der Waals surface area contributed by atoms with Crippen LogP contribution in [0.15, 0.2) is 53.6 Å². The first kappa shape index (κ1) is 35.8. The van der Waals surface area contributed by atoms with Gasteiger partial charge in [0.2, 0.25) is 5.88 Å². The Morgan fingerprint density at radius 3 is 2.43 bits per heavy atom. The van der Waals surface area contributed by atoms with Crippen LogP contribution in [0.5, 0.6) is 17.4 Å². The fraction of sp³-hybridized carbons (Fsp3) is 0.429. The van der Waals surface area contributed by atoms with Crippen LogP contribution in [-0.4, -0.2) is 113 Å². The lowest BCUT2D eigenvalue weighted by atomic mass is 9.83. The van der Waals surface area contributed by atoms with Gasteiger partial charge >= 0.3 is 6.03 Å². The van der Waals surface area contributed by atoms with Crippen LogP contribution in [0.1, 0.15) is 36.5 Å². The van der Waals surface area contributed by atoms with Gasteiger partial charge in [0.1, 0.15) is 28.3 Å². The van der Waals surface area contributed by atoms with Crippen molar-refractivity contribution in [1.82, 2.24) is 25.0 Å². The third kappa shape index (κ3) is 6.30. The number of nitrogens with zero attached hydrogens (tertiary/aromatic N) is 6. The quantitative estimate of drug-likeness (QED) is 0.347. The monoisotopic (exact) mass is 721 g/mol. The average molecular weight is 722 g/mol. The number of aromatic nitrogens is 1. The molecule has 0 radical (unpaired) electrons. The molecule has 1 atom stereocenters. The molecule has 3 aliphatic rings. The largest absolute Gasteiger partial charge is 0.497 e. The SMILES string of the molecule is CCOc1ncccc1C1(NC(=O)N2CCN(C3CCN(C)CC3)CC2)C(=O)N(S(=O)(=O)c2ccc(OC)cc2OC)c2cc(F)c(C#N)cc21. The molecule has 16 heteroatoms. The van der Waals surface area contributed by atoms with Gasteiger partial charge in [-0.25, -0.2) is 22.6 Å². The normalized spacial score (nSPS) is 20.1. The molecule has 1 aromatic heterocycles. The predicted molar refractivity (Wildman–Crippen MR) is 184 cm³/mol. The number of nitriles is 1. The Morgan fingerprint density at radius 1 is 1.06 bits per heavy atom. The molecule has 3 amide bonds. The van der Waals surface area contributed by atoms with Crippen LogP contribution >= 0.6 is 0 Å². The number of likely N-dealkylation sites (tertiary alicyclic amines) is 1. The second-order valence-electron chi connectivity index (χ2n) is 12.6. The molecule has 0 bridgehead atoms. The molecule has 2 saturated heterocycles. The van der Waals surface area contributed by atoms with E-state index in [1.54, 1.807) is 17.9 Å². The van der Waals surface area contributed by atoms with Crippen molar-refractivity contribution >= 4 is 27.6 Å². The number of ether oxygens (including phenoxy) is 3. The van der Waals surface area contributed by atoms with E-state index >= 15 is 9.18 Å². The number of sulfonamides is 1. The fourth-order valence-corrected chi connectivity index (χ4v) is 8.68. The standard InChI is InChI=1S/C35H40FN7O7S/c1-5-50-32-26(7-6-12-38-32)35(39-34(45)42-17-15-41(16-18-42)24-10-13-40(2)14-11-24)27-19-23(22-37)28(36)21-29(27)43(33(35)44)51(46,47)31-9-8-25(48-3)20-30(31)49-4/h6-9,12,19-21,24H,5,10-11,13-18H2,1-4H3,(H,39,45). The number of pyridine rings is 1. The van der Waals surface area contributed by atoms with Crippen LogP contribution in [0.2, 0.25) is 0 Å². The molecule has 3 aliphatic heterocycles. The highest BCUT2D eigenvalue weighted by Crippen LogP contribution is 2.50. The van der Waals surface area contributed by atoms with Gasteiger partial charge in [-0.1, -0.05) is 0 Å². The van der Waals surface area contributed by atoms with Gasteiger partial charge in [-0.15, -0.1) is 0 Å². The number of halogens is 1. The molecule has 0 spiro atoms. The van der Waals surface area contributed by atoms with E-state index in [1.165, 1.54) is 50.7 Å². The minimum absolute atomic E-state index is 0.00584. The smallest absolute Gasteiger partial charge is 0.318 e. The first-order valence-electron chi connectivity index (χ1n) is 16.6. The Morgan fingerprint density at radius 2 is 1.78 bits per heavy atom. The number of piperidine rings is 1. The number of carbonyl (C=O) groups is 2. The first-order chi connectivity index (χ1) is 24.5. The van der Waals surface area contributed by atoms with Crippen molar-refractivity contribution in [3.05, 3.63) is 71.2 Å². The van der Waals surface area contributed by atoms with Gasteiger partial charge < -0.3 is 29.3 Å². The number of hydrogen-bond acceptors (Lipinski definition) is 11. The van der Waals surface area contributed by atoms with E-state index in [4.69, 9.17) is 14.2 Å². The number of fused-ring (bicyclic) bond motifs is 1. The zero-order valence-electron chi connectivity index (χ0n) is 28.9. The van der Waals surface area contributed by atoms with E-state index < -0.39 is 49.5 Å². The third-order valence-corrected chi connectivity index (χ3v) is 11.5. The lowest BCUT2D eigenvalue weighted by Crippen LogP contribution is -2.61. The fourth-order valence-electron chi connectivity index (χ4n) is 7.08. The van der Waals surface area contributed by atoms with Crippen LogP contribution in [0, 0.1) is 17.1 Å². The summed E-state index contributed by atoms with van der Waals surface area (Å²) in [6.45, 7) is 5.72. The molecule has 270 valence electrons. The van der Waals surface area contributed by atoms with E-state index in [-0.39, 0.29) is 35.1 Å². The molecule has 14 nitrogen and oxygen atoms in total. The molecule has 2 aromatic carbocycles. The highest BCUT2D eigenvalue weighted by Gasteiger charge is 2.59. The number of anilines is 1. The average Bonchev–Trinajstić information content (AvgIpc) is 3.38. The molecular weight excluding hydrogens is 681 g/mol. The minimum atomic E-state index is -4.88. The lowest BCUT2D eigenvalue weighted by molar-refractivity contribution is -0.121. The Labute approximate surface area is 296 Å². The Kier molecular flexibility index (Phi) is 10.1. The molecule has 0 aliphatic carbocycles. The highest BCUT2D eigenvalue weighted by atomic mass is 32.2. The maximum Gasteiger partial charge on any atom is 0.318 e. The molecule has 6 rings (SSSR count). The number of carbonyl (C=O) groups excluding carboxylic acids is 2. The second-order valence-corrected chi connectivity index (χ2v) is 14.3. The zero-order valence-corrected chi connectivity index (χ0v) is 29.7. The Bertz CT molecular complexity index is 1970. The van der Waals surface area contributed by atoms with Crippen molar-refractivity contribution in [2.75, 3.05) is 71.4 Å². The number of methoxy groups -OCH3 is 2. The summed E-state index contributed by atoms with van der Waals surface area (Å²) in [7, 11) is -0.121. The summed E-state index contributed by atoms with van der Waals surface area (Å²) in [6.07, 6.45) is 3.48. The summed E-state index contributed by atoms with van der Waals surface area (Å²) < 4.78 is 61.5. The van der Waals surface area contributed by atoms with Crippen molar-refractivity contribution in [2.45, 2.75) is 36.2 Å². The first-order valence-corrected chi connectivity index (χ1v) is 18.1. The van der Waals surface area contributed by atoms with E-state index in [2.05, 4.69) is 27.1 Å². The molecule has 1 unspecified atom stereocenters. The number of piperazine rings is 1. The molecule has 0 saturated carbocycles. The number of nitrogens with one attached hydrogen (secondary N) is 1. The van der Waals surface area contributed by atoms with E-state index in [0.29, 0.717) is 36.5 Å². The van der Waals surface area contributed by atoms with Crippen molar-refractivity contribution in [3.63, 3.8) is 0 Å². The van der Waals surface area contributed by atoms with Crippen LogP contribution in [0.4, 0.5) is 14.9 Å². The van der Waals surface area contributed by atoms with E-state index in [1.807, 2.05) is 0 Å². The van der Waals surface area contributed by atoms with Crippen molar-refractivity contribution in [2.24, 2.45) is 0 Å². The summed E-state index contributed by atoms with van der Waals surface area (Å²) >= 11 is 0. The van der Waals surface area contributed by atoms with Crippen molar-refractivity contribution in [3.8, 4) is 23.4 Å². The predicted octanol–water partition coefficient (Wildman–Crippen LogP) is 2.91. The molecular formula is C35H40FN7O7S. The van der Waals surface area contributed by atoms with Crippen LogP contribution in [-0.2, 0) is 20.4 Å². The number of rotatable bonds is 9. The topological polar surface area (TPSA) is 158 Å². The Balaban J connectivity index is 1.48. The summed E-state index contributed by atoms with van der Waals surface area (Å²) in [4.78, 5) is 39.6. The molecule has 51 heavy (non-hydrogen) atoms. The number of benzene rings is 2. The summed E-state index contributed by atoms with van der Waals surface area (Å²) in [5, 5.41) is 12.7. The third-order valence-electron chi connectivity index (χ3n) is 9.78. The van der Waals surface area contributed by atoms with Crippen LogP contribution in [0.3, 0.4) is 0 Å². The van der Waals surface area contributed by atoms with Crippen molar-refractivity contribution < 1.29 is 36.6 Å². The molecule has 2 fully saturated rings. The van der Waals surface area contributed by atoms with Gasteiger partial charge in [-0.3, -0.25) is 9.69 Å². The molecule has 1 N–H and O–H groups in total. The number of amides is 3.